The number of nitrogens with zero attached hydrogens (tertiary/aromatic N) is 2. The van der Waals surface area contributed by atoms with Crippen LogP contribution >= 0.6 is 0 Å². The molecule has 0 bridgehead atoms. The summed E-state index contributed by atoms with van der Waals surface area (Å²) in [6, 6.07) is 83.0. The van der Waals surface area contributed by atoms with Crippen LogP contribution in [0.25, 0.3) is 72.0 Å². The Hall–Kier alpha value is -7.42. The average molecular weight is 715 g/mol. The van der Waals surface area contributed by atoms with Crippen molar-refractivity contribution in [2.24, 2.45) is 0 Å². The highest BCUT2D eigenvalue weighted by molar-refractivity contribution is 6.16. The first-order valence-corrected chi connectivity index (χ1v) is 19.2. The van der Waals surface area contributed by atoms with E-state index < -0.39 is 0 Å². The molecule has 0 fully saturated rings. The molecule has 10 aromatic rings. The molecule has 0 saturated carbocycles. The van der Waals surface area contributed by atoms with Crippen molar-refractivity contribution >= 4 is 38.9 Å². The number of aromatic nitrogens is 1. The number of fused-ring (bicyclic) bond motifs is 3. The zero-order valence-electron chi connectivity index (χ0n) is 30.8. The predicted octanol–water partition coefficient (Wildman–Crippen LogP) is 14.9. The fourth-order valence-corrected chi connectivity index (χ4v) is 8.15. The second-order valence-electron chi connectivity index (χ2n) is 14.1. The van der Waals surface area contributed by atoms with E-state index in [0.29, 0.717) is 0 Å². The van der Waals surface area contributed by atoms with Crippen LogP contribution in [0.15, 0.2) is 231 Å². The van der Waals surface area contributed by atoms with Gasteiger partial charge in [-0.15, -0.1) is 0 Å². The van der Waals surface area contributed by atoms with E-state index in [4.69, 9.17) is 0 Å². The fraction of sp³-hybridized carbons (Fsp3) is 0. The van der Waals surface area contributed by atoms with Gasteiger partial charge in [0.2, 0.25) is 0 Å². The van der Waals surface area contributed by atoms with Crippen molar-refractivity contribution in [1.29, 1.82) is 0 Å². The molecule has 264 valence electrons. The lowest BCUT2D eigenvalue weighted by molar-refractivity contribution is 1.18. The largest absolute Gasteiger partial charge is 0.310 e. The highest BCUT2D eigenvalue weighted by Gasteiger charge is 2.21. The van der Waals surface area contributed by atoms with Gasteiger partial charge in [0, 0.05) is 27.8 Å². The zero-order chi connectivity index (χ0) is 37.3. The Kier molecular flexibility index (Phi) is 8.55. The Morgan fingerprint density at radius 3 is 1.25 bits per heavy atom. The summed E-state index contributed by atoms with van der Waals surface area (Å²) in [5.41, 5.74) is 16.5. The van der Waals surface area contributed by atoms with E-state index in [-0.39, 0.29) is 0 Å². The Morgan fingerprint density at radius 2 is 0.696 bits per heavy atom. The van der Waals surface area contributed by atoms with Gasteiger partial charge in [-0.05, 0) is 99.1 Å². The van der Waals surface area contributed by atoms with E-state index in [1.807, 2.05) is 0 Å². The van der Waals surface area contributed by atoms with Gasteiger partial charge in [-0.2, -0.15) is 0 Å². The van der Waals surface area contributed by atoms with Crippen molar-refractivity contribution in [1.82, 2.24) is 4.57 Å². The number of hydrogen-bond acceptors (Lipinski definition) is 1. The van der Waals surface area contributed by atoms with Gasteiger partial charge in [0.1, 0.15) is 0 Å². The first-order chi connectivity index (χ1) is 27.8. The second-order valence-corrected chi connectivity index (χ2v) is 14.1. The van der Waals surface area contributed by atoms with E-state index in [1.54, 1.807) is 0 Å². The average Bonchev–Trinajstić information content (AvgIpc) is 3.63. The quantitative estimate of drug-likeness (QED) is 0.152. The molecule has 1 aromatic heterocycles. The fourth-order valence-electron chi connectivity index (χ4n) is 8.15. The number of hydrogen-bond donors (Lipinski definition) is 0. The maximum atomic E-state index is 2.41. The molecule has 0 spiro atoms. The molecule has 2 nitrogen and oxygen atoms in total. The normalized spacial score (nSPS) is 11.2. The Labute approximate surface area is 327 Å². The number of benzene rings is 9. The smallest absolute Gasteiger partial charge is 0.0562 e. The summed E-state index contributed by atoms with van der Waals surface area (Å²) in [5.74, 6) is 0. The van der Waals surface area contributed by atoms with Crippen molar-refractivity contribution in [3.63, 3.8) is 0 Å². The number of rotatable bonds is 8. The summed E-state index contributed by atoms with van der Waals surface area (Å²) >= 11 is 0. The molecule has 0 N–H and O–H groups in total. The standard InChI is InChI=1S/C54H38N2/c1-4-15-39(16-5-1)41-27-33-45(34-28-41)55(46-35-29-42(30-36-46)40-17-6-2-7-18-40)52-25-14-26-53-54(52)50-23-12-13-24-51(50)56(53)47-37-31-44(32-38-47)49-22-11-10-21-48(49)43-19-8-3-9-20-43/h1-38H. The summed E-state index contributed by atoms with van der Waals surface area (Å²) in [4.78, 5) is 2.41. The lowest BCUT2D eigenvalue weighted by Crippen LogP contribution is -2.10. The summed E-state index contributed by atoms with van der Waals surface area (Å²) < 4.78 is 2.41. The lowest BCUT2D eigenvalue weighted by atomic mass is 9.94. The van der Waals surface area contributed by atoms with Gasteiger partial charge in [0.25, 0.3) is 0 Å². The molecule has 1 heterocycles. The molecule has 0 saturated heterocycles. The van der Waals surface area contributed by atoms with Crippen molar-refractivity contribution in [2.45, 2.75) is 0 Å². The molecule has 0 aliphatic heterocycles. The minimum absolute atomic E-state index is 1.10. The molecule has 2 heteroatoms. The summed E-state index contributed by atoms with van der Waals surface area (Å²) in [7, 11) is 0. The van der Waals surface area contributed by atoms with E-state index in [0.717, 1.165) is 28.3 Å². The van der Waals surface area contributed by atoms with Crippen LogP contribution in [0, 0.1) is 0 Å². The van der Waals surface area contributed by atoms with Crippen molar-refractivity contribution < 1.29 is 0 Å². The zero-order valence-corrected chi connectivity index (χ0v) is 30.8. The molecule has 0 radical (unpaired) electrons. The molecular weight excluding hydrogens is 677 g/mol. The van der Waals surface area contributed by atoms with Gasteiger partial charge in [-0.25, -0.2) is 0 Å². The summed E-state index contributed by atoms with van der Waals surface area (Å²) in [6.45, 7) is 0. The first-order valence-electron chi connectivity index (χ1n) is 19.2. The number of para-hydroxylation sites is 1. The molecular formula is C54H38N2. The van der Waals surface area contributed by atoms with Crippen LogP contribution < -0.4 is 4.90 Å². The van der Waals surface area contributed by atoms with Crippen molar-refractivity contribution in [3.8, 4) is 50.2 Å². The van der Waals surface area contributed by atoms with Crippen molar-refractivity contribution in [2.75, 3.05) is 4.90 Å². The van der Waals surface area contributed by atoms with Gasteiger partial charge >= 0.3 is 0 Å². The molecule has 56 heavy (non-hydrogen) atoms. The predicted molar refractivity (Wildman–Crippen MR) is 237 cm³/mol. The van der Waals surface area contributed by atoms with Crippen LogP contribution in [0.1, 0.15) is 0 Å². The van der Waals surface area contributed by atoms with Gasteiger partial charge in [-0.3, -0.25) is 0 Å². The van der Waals surface area contributed by atoms with Crippen LogP contribution in [0.3, 0.4) is 0 Å². The Balaban J connectivity index is 1.12. The highest BCUT2D eigenvalue weighted by Crippen LogP contribution is 2.44. The van der Waals surface area contributed by atoms with Gasteiger partial charge < -0.3 is 9.47 Å². The van der Waals surface area contributed by atoms with E-state index in [2.05, 4.69) is 240 Å². The topological polar surface area (TPSA) is 8.17 Å². The van der Waals surface area contributed by atoms with Crippen LogP contribution in [0.4, 0.5) is 17.1 Å². The molecule has 10 rings (SSSR count). The summed E-state index contributed by atoms with van der Waals surface area (Å²) in [5, 5.41) is 2.42. The Morgan fingerprint density at radius 1 is 0.286 bits per heavy atom. The van der Waals surface area contributed by atoms with Crippen LogP contribution in [-0.2, 0) is 0 Å². The monoisotopic (exact) mass is 714 g/mol. The minimum atomic E-state index is 1.10. The molecule has 0 aliphatic carbocycles. The SMILES string of the molecule is c1ccc(-c2ccc(N(c3ccc(-c4ccccc4)cc3)c3cccc4c3c3ccccc3n4-c3ccc(-c4ccccc4-c4ccccc4)cc3)cc2)cc1. The van der Waals surface area contributed by atoms with Crippen molar-refractivity contribution in [3.05, 3.63) is 231 Å². The second kappa shape index (κ2) is 14.4. The Bertz CT molecular complexity index is 2830. The van der Waals surface area contributed by atoms with Crippen LogP contribution in [0.5, 0.6) is 0 Å². The third-order valence-corrected chi connectivity index (χ3v) is 10.8. The lowest BCUT2D eigenvalue weighted by Gasteiger charge is -2.27. The maximum absolute atomic E-state index is 2.41. The minimum Gasteiger partial charge on any atom is -0.310 e. The first kappa shape index (κ1) is 33.2. The van der Waals surface area contributed by atoms with E-state index in [9.17, 15) is 0 Å². The molecule has 0 amide bonds. The van der Waals surface area contributed by atoms with Gasteiger partial charge in [0.15, 0.2) is 0 Å². The van der Waals surface area contributed by atoms with E-state index in [1.165, 1.54) is 60.8 Å². The van der Waals surface area contributed by atoms with E-state index >= 15 is 0 Å². The molecule has 0 aliphatic rings. The van der Waals surface area contributed by atoms with Crippen LogP contribution in [0.2, 0.25) is 0 Å². The molecule has 9 aromatic carbocycles. The third kappa shape index (κ3) is 6.04. The van der Waals surface area contributed by atoms with Crippen LogP contribution in [-0.4, -0.2) is 4.57 Å². The third-order valence-electron chi connectivity index (χ3n) is 10.8. The highest BCUT2D eigenvalue weighted by atomic mass is 15.1. The number of anilines is 3. The van der Waals surface area contributed by atoms with Gasteiger partial charge in [-0.1, -0.05) is 176 Å². The summed E-state index contributed by atoms with van der Waals surface area (Å²) in [6.07, 6.45) is 0. The molecule has 0 atom stereocenters. The maximum Gasteiger partial charge on any atom is 0.0562 e. The molecule has 0 unspecified atom stereocenters. The van der Waals surface area contributed by atoms with Gasteiger partial charge in [0.05, 0.1) is 16.7 Å².